The highest BCUT2D eigenvalue weighted by Gasteiger charge is 2.02. The molecule has 1 N–H and O–H groups in total. The minimum atomic E-state index is 0.0803. The molecule has 0 saturated heterocycles. The van der Waals surface area contributed by atoms with Gasteiger partial charge in [-0.3, -0.25) is 0 Å². The lowest BCUT2D eigenvalue weighted by Crippen LogP contribution is -1.78. The second-order valence-corrected chi connectivity index (χ2v) is 3.63. The molecule has 0 bridgehead atoms. The summed E-state index contributed by atoms with van der Waals surface area (Å²) in [6.07, 6.45) is 0.447. The van der Waals surface area contributed by atoms with E-state index in [2.05, 4.69) is 6.07 Å². The van der Waals surface area contributed by atoms with E-state index in [0.717, 1.165) is 15.3 Å². The number of nitriles is 1. The minimum absolute atomic E-state index is 0.0803. The van der Waals surface area contributed by atoms with E-state index in [0.29, 0.717) is 6.42 Å². The molecule has 0 unspecified atom stereocenters. The first-order chi connectivity index (χ1) is 5.27. The molecule has 1 heterocycles. The van der Waals surface area contributed by atoms with Gasteiger partial charge in [0.15, 0.2) is 0 Å². The monoisotopic (exact) mass is 167 g/mol. The van der Waals surface area contributed by atoms with Crippen molar-refractivity contribution in [1.29, 1.82) is 5.26 Å². The summed E-state index contributed by atoms with van der Waals surface area (Å²) < 4.78 is 0. The molecule has 0 fully saturated rings. The Morgan fingerprint density at radius 2 is 2.45 bits per heavy atom. The average molecular weight is 167 g/mol. The molecule has 0 radical (unpaired) electrons. The minimum Gasteiger partial charge on any atom is -0.391 e. The Hall–Kier alpha value is -0.850. The molecule has 2 nitrogen and oxygen atoms in total. The number of aliphatic hydroxyl groups excluding tert-OH is 1. The van der Waals surface area contributed by atoms with Crippen LogP contribution in [0.25, 0.3) is 0 Å². The van der Waals surface area contributed by atoms with Gasteiger partial charge in [-0.1, -0.05) is 0 Å². The van der Waals surface area contributed by atoms with Gasteiger partial charge in [0.1, 0.15) is 0 Å². The van der Waals surface area contributed by atoms with Gasteiger partial charge in [-0.05, 0) is 18.6 Å². The Kier molecular flexibility index (Phi) is 2.64. The number of thiophene rings is 1. The zero-order chi connectivity index (χ0) is 8.27. The second-order valence-electron chi connectivity index (χ2n) is 2.29. The highest BCUT2D eigenvalue weighted by atomic mass is 32.1. The second kappa shape index (κ2) is 3.51. The van der Waals surface area contributed by atoms with Crippen LogP contribution in [0.3, 0.4) is 0 Å². The highest BCUT2D eigenvalue weighted by molar-refractivity contribution is 7.12. The van der Waals surface area contributed by atoms with Crippen molar-refractivity contribution in [2.75, 3.05) is 0 Å². The van der Waals surface area contributed by atoms with Crippen LogP contribution in [0, 0.1) is 18.3 Å². The first-order valence-electron chi connectivity index (χ1n) is 3.34. The molecule has 0 atom stereocenters. The van der Waals surface area contributed by atoms with Crippen LogP contribution in [0.5, 0.6) is 0 Å². The number of aliphatic hydroxyl groups is 1. The van der Waals surface area contributed by atoms with E-state index in [-0.39, 0.29) is 6.61 Å². The Balaban J connectivity index is 2.90. The topological polar surface area (TPSA) is 44.0 Å². The molecular weight excluding hydrogens is 158 g/mol. The van der Waals surface area contributed by atoms with Gasteiger partial charge >= 0.3 is 0 Å². The fraction of sp³-hybridized carbons (Fsp3) is 0.375. The first-order valence-corrected chi connectivity index (χ1v) is 4.15. The largest absolute Gasteiger partial charge is 0.391 e. The standard InChI is InChI=1S/C8H9NOS/c1-6-7(2-3-9)4-8(5-10)11-6/h4,10H,2,5H2,1H3. The first kappa shape index (κ1) is 8.25. The van der Waals surface area contributed by atoms with Gasteiger partial charge in [-0.2, -0.15) is 5.26 Å². The molecule has 0 aliphatic rings. The maximum Gasteiger partial charge on any atom is 0.0774 e. The number of nitrogens with zero attached hydrogens (tertiary/aromatic N) is 1. The molecular formula is C8H9NOS. The molecule has 0 amide bonds. The summed E-state index contributed by atoms with van der Waals surface area (Å²) in [6.45, 7) is 2.05. The van der Waals surface area contributed by atoms with E-state index >= 15 is 0 Å². The SMILES string of the molecule is Cc1sc(CO)cc1CC#N. The summed E-state index contributed by atoms with van der Waals surface area (Å²) in [4.78, 5) is 2.07. The lowest BCUT2D eigenvalue weighted by Gasteiger charge is -1.86. The van der Waals surface area contributed by atoms with E-state index in [1.165, 1.54) is 0 Å². The summed E-state index contributed by atoms with van der Waals surface area (Å²) in [7, 11) is 0. The predicted octanol–water partition coefficient (Wildman–Crippen LogP) is 1.61. The van der Waals surface area contributed by atoms with Crippen molar-refractivity contribution in [1.82, 2.24) is 0 Å². The maximum absolute atomic E-state index is 8.77. The predicted molar refractivity (Wildman–Crippen MR) is 44.3 cm³/mol. The van der Waals surface area contributed by atoms with Crippen molar-refractivity contribution < 1.29 is 5.11 Å². The van der Waals surface area contributed by atoms with Crippen molar-refractivity contribution in [3.05, 3.63) is 21.4 Å². The summed E-state index contributed by atoms with van der Waals surface area (Å²) in [5, 5.41) is 17.2. The van der Waals surface area contributed by atoms with Gasteiger partial charge in [0.05, 0.1) is 19.1 Å². The van der Waals surface area contributed by atoms with Crippen LogP contribution in [-0.2, 0) is 13.0 Å². The molecule has 0 spiro atoms. The Morgan fingerprint density at radius 1 is 1.73 bits per heavy atom. The van der Waals surface area contributed by atoms with E-state index in [1.807, 2.05) is 13.0 Å². The molecule has 0 aliphatic heterocycles. The van der Waals surface area contributed by atoms with Crippen molar-refractivity contribution in [3.8, 4) is 6.07 Å². The normalized spacial score (nSPS) is 9.55. The van der Waals surface area contributed by atoms with Gasteiger partial charge in [-0.25, -0.2) is 0 Å². The third-order valence-electron chi connectivity index (χ3n) is 1.50. The van der Waals surface area contributed by atoms with E-state index in [1.54, 1.807) is 11.3 Å². The third kappa shape index (κ3) is 1.79. The zero-order valence-electron chi connectivity index (χ0n) is 6.29. The molecule has 3 heteroatoms. The van der Waals surface area contributed by atoms with Crippen LogP contribution in [0.1, 0.15) is 15.3 Å². The Labute approximate surface area is 69.7 Å². The maximum atomic E-state index is 8.77. The van der Waals surface area contributed by atoms with Gasteiger partial charge in [0.25, 0.3) is 0 Å². The quantitative estimate of drug-likeness (QED) is 0.727. The van der Waals surface area contributed by atoms with E-state index < -0.39 is 0 Å². The van der Waals surface area contributed by atoms with Crippen LogP contribution < -0.4 is 0 Å². The molecule has 1 aromatic rings. The fourth-order valence-electron chi connectivity index (χ4n) is 0.926. The molecule has 0 aliphatic carbocycles. The van der Waals surface area contributed by atoms with Crippen molar-refractivity contribution >= 4 is 11.3 Å². The molecule has 58 valence electrons. The van der Waals surface area contributed by atoms with Crippen LogP contribution >= 0.6 is 11.3 Å². The van der Waals surface area contributed by atoms with Gasteiger partial charge in [0, 0.05) is 9.75 Å². The van der Waals surface area contributed by atoms with Gasteiger partial charge < -0.3 is 5.11 Å². The lowest BCUT2D eigenvalue weighted by molar-refractivity contribution is 0.285. The third-order valence-corrected chi connectivity index (χ3v) is 2.57. The number of rotatable bonds is 2. The molecule has 0 saturated carbocycles. The summed E-state index contributed by atoms with van der Waals surface area (Å²) in [5.74, 6) is 0. The number of hydrogen-bond acceptors (Lipinski definition) is 3. The zero-order valence-corrected chi connectivity index (χ0v) is 7.11. The Bertz CT molecular complexity index is 285. The Morgan fingerprint density at radius 3 is 2.91 bits per heavy atom. The molecule has 11 heavy (non-hydrogen) atoms. The summed E-state index contributed by atoms with van der Waals surface area (Å²) in [6, 6.07) is 3.98. The molecule has 1 aromatic heterocycles. The summed E-state index contributed by atoms with van der Waals surface area (Å²) in [5.41, 5.74) is 1.04. The van der Waals surface area contributed by atoms with Gasteiger partial charge in [-0.15, -0.1) is 11.3 Å². The van der Waals surface area contributed by atoms with E-state index in [9.17, 15) is 0 Å². The van der Waals surface area contributed by atoms with Crippen LogP contribution in [-0.4, -0.2) is 5.11 Å². The number of hydrogen-bond donors (Lipinski definition) is 1. The van der Waals surface area contributed by atoms with Crippen LogP contribution in [0.2, 0.25) is 0 Å². The van der Waals surface area contributed by atoms with E-state index in [4.69, 9.17) is 10.4 Å². The van der Waals surface area contributed by atoms with Crippen LogP contribution in [0.15, 0.2) is 6.07 Å². The smallest absolute Gasteiger partial charge is 0.0774 e. The van der Waals surface area contributed by atoms with Crippen LogP contribution in [0.4, 0.5) is 0 Å². The van der Waals surface area contributed by atoms with Crippen molar-refractivity contribution in [2.24, 2.45) is 0 Å². The molecule has 1 rings (SSSR count). The fourth-order valence-corrected chi connectivity index (χ4v) is 1.85. The van der Waals surface area contributed by atoms with Gasteiger partial charge in [0.2, 0.25) is 0 Å². The highest BCUT2D eigenvalue weighted by Crippen LogP contribution is 2.21. The van der Waals surface area contributed by atoms with Crippen molar-refractivity contribution in [2.45, 2.75) is 20.0 Å². The van der Waals surface area contributed by atoms with Crippen molar-refractivity contribution in [3.63, 3.8) is 0 Å². The average Bonchev–Trinajstić information content (AvgIpc) is 2.33. The lowest BCUT2D eigenvalue weighted by atomic mass is 10.2. The summed E-state index contributed by atoms with van der Waals surface area (Å²) >= 11 is 1.55. The number of aryl methyl sites for hydroxylation is 1. The molecule has 0 aromatic carbocycles.